The van der Waals surface area contributed by atoms with E-state index in [2.05, 4.69) is 5.32 Å². The van der Waals surface area contributed by atoms with Crippen molar-refractivity contribution < 1.29 is 33.8 Å². The van der Waals surface area contributed by atoms with Gasteiger partial charge in [-0.2, -0.15) is 0 Å². The maximum absolute atomic E-state index is 14.6. The lowest BCUT2D eigenvalue weighted by Crippen LogP contribution is -2.55. The summed E-state index contributed by atoms with van der Waals surface area (Å²) in [5.41, 5.74) is -0.0796. The molecule has 4 aliphatic rings. The van der Waals surface area contributed by atoms with Crippen molar-refractivity contribution in [2.45, 2.75) is 62.4 Å². The summed E-state index contributed by atoms with van der Waals surface area (Å²) in [6, 6.07) is 15.1. The molecule has 0 aliphatic carbocycles. The Balaban J connectivity index is 1.39. The normalized spacial score (nSPS) is 30.0. The summed E-state index contributed by atoms with van der Waals surface area (Å²) in [6.07, 6.45) is 8.99. The van der Waals surface area contributed by atoms with E-state index in [0.29, 0.717) is 42.1 Å². The molecule has 2 fully saturated rings. The number of benzene rings is 2. The van der Waals surface area contributed by atoms with Gasteiger partial charge in [0.05, 0.1) is 18.6 Å². The maximum Gasteiger partial charge on any atom is 0.313 e. The van der Waals surface area contributed by atoms with E-state index >= 15 is 0 Å². The Bertz CT molecular complexity index is 1530. The highest BCUT2D eigenvalue weighted by molar-refractivity contribution is 6.30. The summed E-state index contributed by atoms with van der Waals surface area (Å²) < 4.78 is 12.9. The minimum absolute atomic E-state index is 0.0807. The van der Waals surface area contributed by atoms with Gasteiger partial charge >= 0.3 is 5.97 Å². The summed E-state index contributed by atoms with van der Waals surface area (Å²) >= 11 is 6.15. The number of anilines is 1. The Hall–Kier alpha value is -3.99. The molecule has 0 aromatic heterocycles. The smallest absolute Gasteiger partial charge is 0.313 e. The van der Waals surface area contributed by atoms with Crippen LogP contribution in [-0.4, -0.2) is 77.7 Å². The molecule has 47 heavy (non-hydrogen) atoms. The lowest BCUT2D eigenvalue weighted by Gasteiger charge is -2.35. The van der Waals surface area contributed by atoms with Gasteiger partial charge in [-0.3, -0.25) is 19.2 Å². The van der Waals surface area contributed by atoms with Gasteiger partial charge in [-0.05, 0) is 49.1 Å². The van der Waals surface area contributed by atoms with Crippen LogP contribution in [-0.2, 0) is 28.7 Å². The first-order valence-corrected chi connectivity index (χ1v) is 16.7. The number of aliphatic hydroxyl groups is 1. The third-order valence-electron chi connectivity index (χ3n) is 9.49. The molecular formula is C36H40ClN3O7. The highest BCUT2D eigenvalue weighted by atomic mass is 35.5. The fourth-order valence-corrected chi connectivity index (χ4v) is 7.37. The maximum atomic E-state index is 14.6. The van der Waals surface area contributed by atoms with Crippen molar-refractivity contribution >= 4 is 41.0 Å². The van der Waals surface area contributed by atoms with Gasteiger partial charge in [-0.15, -0.1) is 0 Å². The average Bonchev–Trinajstić information content (AvgIpc) is 3.45. The van der Waals surface area contributed by atoms with Crippen LogP contribution in [0.4, 0.5) is 5.69 Å². The number of halogens is 1. The summed E-state index contributed by atoms with van der Waals surface area (Å²) in [7, 11) is 0. The summed E-state index contributed by atoms with van der Waals surface area (Å²) in [5, 5.41) is 12.6. The van der Waals surface area contributed by atoms with E-state index in [1.807, 2.05) is 36.4 Å². The SMILES string of the molecule is O=C1CC/C=C\[C@H]2O[C@]34C=CCN(c5ccc(Cl)cc5)C(=O)[C@H]3N(CCCCCCO)C(=O)[C@@H]4[C@H]2C(=O)O[C@H](c2ccccc2)CN1. The van der Waals surface area contributed by atoms with E-state index in [9.17, 15) is 24.3 Å². The molecule has 0 saturated carbocycles. The molecule has 6 rings (SSSR count). The zero-order chi connectivity index (χ0) is 33.0. The van der Waals surface area contributed by atoms with Gasteiger partial charge in [-0.1, -0.05) is 79.1 Å². The summed E-state index contributed by atoms with van der Waals surface area (Å²) in [6.45, 7) is 0.714. The topological polar surface area (TPSA) is 125 Å². The number of hydrogen-bond donors (Lipinski definition) is 2. The van der Waals surface area contributed by atoms with Crippen LogP contribution in [0.25, 0.3) is 0 Å². The molecule has 2 N–H and O–H groups in total. The van der Waals surface area contributed by atoms with Gasteiger partial charge in [-0.25, -0.2) is 0 Å². The van der Waals surface area contributed by atoms with E-state index in [4.69, 9.17) is 21.1 Å². The molecular weight excluding hydrogens is 622 g/mol. The molecule has 0 unspecified atom stereocenters. The number of nitrogens with zero attached hydrogens (tertiary/aromatic N) is 2. The van der Waals surface area contributed by atoms with Crippen LogP contribution in [0.15, 0.2) is 78.9 Å². The number of unbranched alkanes of at least 4 members (excludes halogenated alkanes) is 3. The van der Waals surface area contributed by atoms with Gasteiger partial charge in [0, 0.05) is 36.8 Å². The molecule has 2 saturated heterocycles. The first kappa shape index (κ1) is 32.9. The molecule has 10 nitrogen and oxygen atoms in total. The van der Waals surface area contributed by atoms with Gasteiger partial charge in [0.1, 0.15) is 23.7 Å². The predicted octanol–water partition coefficient (Wildman–Crippen LogP) is 4.13. The highest BCUT2D eigenvalue weighted by Gasteiger charge is 2.71. The van der Waals surface area contributed by atoms with Crippen LogP contribution in [0, 0.1) is 11.8 Å². The van der Waals surface area contributed by atoms with Crippen molar-refractivity contribution in [1.29, 1.82) is 0 Å². The molecule has 0 radical (unpaired) electrons. The van der Waals surface area contributed by atoms with E-state index in [1.165, 1.54) is 0 Å². The zero-order valence-electron chi connectivity index (χ0n) is 26.1. The van der Waals surface area contributed by atoms with Crippen LogP contribution in [0.1, 0.15) is 50.2 Å². The van der Waals surface area contributed by atoms with Crippen molar-refractivity contribution in [3.63, 3.8) is 0 Å². The number of carbonyl (C=O) groups is 4. The number of ether oxygens (including phenoxy) is 2. The lowest BCUT2D eigenvalue weighted by molar-refractivity contribution is -0.159. The second kappa shape index (κ2) is 14.4. The number of allylic oxidation sites excluding steroid dienone is 1. The molecule has 4 aliphatic heterocycles. The van der Waals surface area contributed by atoms with Crippen LogP contribution in [0.3, 0.4) is 0 Å². The molecule has 2 aromatic carbocycles. The highest BCUT2D eigenvalue weighted by Crippen LogP contribution is 2.53. The number of esters is 1. The van der Waals surface area contributed by atoms with Gasteiger partial charge in [0.25, 0.3) is 5.91 Å². The first-order valence-electron chi connectivity index (χ1n) is 16.4. The minimum Gasteiger partial charge on any atom is -0.455 e. The number of aliphatic hydroxyl groups excluding tert-OH is 1. The second-order valence-corrected chi connectivity index (χ2v) is 12.9. The zero-order valence-corrected chi connectivity index (χ0v) is 26.9. The molecule has 2 aromatic rings. The van der Waals surface area contributed by atoms with Crippen LogP contribution < -0.4 is 10.2 Å². The van der Waals surface area contributed by atoms with Crippen LogP contribution in [0.2, 0.25) is 5.02 Å². The quantitative estimate of drug-likeness (QED) is 0.248. The van der Waals surface area contributed by atoms with Crippen molar-refractivity contribution in [2.24, 2.45) is 11.8 Å². The molecule has 248 valence electrons. The number of cyclic esters (lactones) is 1. The number of carbonyl (C=O) groups excluding carboxylic acids is 4. The number of likely N-dealkylation sites (tertiary alicyclic amines) is 1. The largest absolute Gasteiger partial charge is 0.455 e. The molecule has 1 spiro atoms. The third-order valence-corrected chi connectivity index (χ3v) is 9.74. The third kappa shape index (κ3) is 6.59. The molecule has 11 heteroatoms. The van der Waals surface area contributed by atoms with Crippen LogP contribution >= 0.6 is 11.6 Å². The number of nitrogens with one attached hydrogen (secondary N) is 1. The van der Waals surface area contributed by atoms with E-state index in [1.54, 1.807) is 52.3 Å². The second-order valence-electron chi connectivity index (χ2n) is 12.4. The molecule has 4 heterocycles. The minimum atomic E-state index is -1.42. The van der Waals surface area contributed by atoms with Crippen molar-refractivity contribution in [1.82, 2.24) is 10.2 Å². The summed E-state index contributed by atoms with van der Waals surface area (Å²) in [5.74, 6) is -3.47. The lowest BCUT2D eigenvalue weighted by atomic mass is 9.78. The van der Waals surface area contributed by atoms with Crippen molar-refractivity contribution in [3.8, 4) is 0 Å². The molecule has 0 bridgehead atoms. The fraction of sp³-hybridized carbons (Fsp3) is 0.444. The van der Waals surface area contributed by atoms with Crippen molar-refractivity contribution in [3.05, 3.63) is 89.5 Å². The average molecular weight is 662 g/mol. The Labute approximate surface area is 279 Å². The Kier molecular flexibility index (Phi) is 10.1. The predicted molar refractivity (Wildman–Crippen MR) is 175 cm³/mol. The van der Waals surface area contributed by atoms with E-state index in [0.717, 1.165) is 12.8 Å². The Morgan fingerprint density at radius 2 is 1.70 bits per heavy atom. The first-order chi connectivity index (χ1) is 22.8. The van der Waals surface area contributed by atoms with Gasteiger partial charge in [0.15, 0.2) is 0 Å². The summed E-state index contributed by atoms with van der Waals surface area (Å²) in [4.78, 5) is 59.2. The monoisotopic (exact) mass is 661 g/mol. The van der Waals surface area contributed by atoms with Crippen LogP contribution in [0.5, 0.6) is 0 Å². The fourth-order valence-electron chi connectivity index (χ4n) is 7.25. The molecule has 6 atom stereocenters. The number of fused-ring (bicyclic) bond motifs is 2. The Morgan fingerprint density at radius 3 is 2.47 bits per heavy atom. The number of rotatable bonds is 8. The number of hydrogen-bond acceptors (Lipinski definition) is 7. The number of amides is 3. The van der Waals surface area contributed by atoms with E-state index in [-0.39, 0.29) is 43.8 Å². The van der Waals surface area contributed by atoms with E-state index < -0.39 is 41.7 Å². The van der Waals surface area contributed by atoms with Gasteiger partial charge < -0.3 is 29.7 Å². The Morgan fingerprint density at radius 1 is 0.936 bits per heavy atom. The van der Waals surface area contributed by atoms with Gasteiger partial charge in [0.2, 0.25) is 11.8 Å². The van der Waals surface area contributed by atoms with Crippen molar-refractivity contribution in [2.75, 3.05) is 31.1 Å². The standard InChI is InChI=1S/C36H40ClN3O7/c37-25-15-17-26(18-16-25)39-21-10-19-36-31(33(43)40(32(36)34(39)44)20-8-1-2-9-22-41)30-27(47-36)13-6-7-14-29(42)38-23-28(46-35(30)45)24-11-4-3-5-12-24/h3-6,10-13,15-19,27-28,30-32,41H,1-2,7-9,14,20-23H2,(H,38,42)/b13-6-/t27-,28+,30+,31+,32-,36+/m1/s1. The molecule has 3 amide bonds.